The largest absolute Gasteiger partial charge is 0.453 e. The second-order valence-corrected chi connectivity index (χ2v) is 8.08. The Morgan fingerprint density at radius 2 is 1.66 bits per heavy atom. The number of nitrogens with one attached hydrogen (secondary N) is 1. The molecule has 0 aromatic heterocycles. The van der Waals surface area contributed by atoms with Gasteiger partial charge in [0, 0.05) is 55.4 Å². The van der Waals surface area contributed by atoms with Gasteiger partial charge in [0.15, 0.2) is 6.10 Å². The first kappa shape index (κ1) is 23.6. The maximum atomic E-state index is 12.6. The molecule has 1 saturated heterocycles. The number of piperazine rings is 1. The number of amides is 2. The van der Waals surface area contributed by atoms with Crippen LogP contribution in [0.2, 0.25) is 5.02 Å². The van der Waals surface area contributed by atoms with E-state index in [-0.39, 0.29) is 18.2 Å². The van der Waals surface area contributed by atoms with Crippen molar-refractivity contribution in [3.63, 3.8) is 0 Å². The summed E-state index contributed by atoms with van der Waals surface area (Å²) in [5.41, 5.74) is 1.64. The van der Waals surface area contributed by atoms with Gasteiger partial charge in [0.2, 0.25) is 0 Å². The third kappa shape index (κ3) is 6.72. The molecule has 0 bridgehead atoms. The molecule has 32 heavy (non-hydrogen) atoms. The zero-order chi connectivity index (χ0) is 22.9. The molecule has 8 heteroatoms. The van der Waals surface area contributed by atoms with Crippen molar-refractivity contribution in [1.29, 1.82) is 0 Å². The fourth-order valence-corrected chi connectivity index (χ4v) is 3.65. The van der Waals surface area contributed by atoms with E-state index in [1.807, 2.05) is 18.2 Å². The zero-order valence-electron chi connectivity index (χ0n) is 18.1. The van der Waals surface area contributed by atoms with Gasteiger partial charge in [0.25, 0.3) is 11.8 Å². The lowest BCUT2D eigenvalue weighted by atomic mass is 10.2. The maximum absolute atomic E-state index is 12.6. The molecule has 0 radical (unpaired) electrons. The summed E-state index contributed by atoms with van der Waals surface area (Å²) in [5.74, 6) is -0.857. The average Bonchev–Trinajstić information content (AvgIpc) is 2.82. The number of carbonyl (C=O) groups excluding carboxylic acids is 3. The molecule has 2 aromatic rings. The summed E-state index contributed by atoms with van der Waals surface area (Å²) in [7, 11) is 0. The maximum Gasteiger partial charge on any atom is 0.306 e. The van der Waals surface area contributed by atoms with Crippen molar-refractivity contribution in [2.24, 2.45) is 0 Å². The molecule has 1 atom stereocenters. The van der Waals surface area contributed by atoms with Crippen molar-refractivity contribution in [3.05, 3.63) is 65.2 Å². The molecule has 1 fully saturated rings. The third-order valence-electron chi connectivity index (χ3n) is 5.32. The monoisotopic (exact) mass is 457 g/mol. The van der Waals surface area contributed by atoms with Gasteiger partial charge < -0.3 is 19.9 Å². The van der Waals surface area contributed by atoms with Gasteiger partial charge in [-0.05, 0) is 49.7 Å². The van der Waals surface area contributed by atoms with Crippen LogP contribution in [0, 0.1) is 0 Å². The first-order chi connectivity index (χ1) is 15.4. The average molecular weight is 458 g/mol. The van der Waals surface area contributed by atoms with Crippen LogP contribution in [0.1, 0.15) is 30.1 Å². The molecule has 1 heterocycles. The van der Waals surface area contributed by atoms with Crippen LogP contribution < -0.4 is 10.2 Å². The minimum atomic E-state index is -0.825. The van der Waals surface area contributed by atoms with E-state index in [0.717, 1.165) is 18.8 Å². The summed E-state index contributed by atoms with van der Waals surface area (Å²) in [5, 5.41) is 3.31. The second-order valence-electron chi connectivity index (χ2n) is 7.65. The van der Waals surface area contributed by atoms with Crippen molar-refractivity contribution >= 4 is 35.1 Å². The van der Waals surface area contributed by atoms with E-state index in [4.69, 9.17) is 16.3 Å². The van der Waals surface area contributed by atoms with E-state index in [2.05, 4.69) is 22.3 Å². The van der Waals surface area contributed by atoms with Crippen molar-refractivity contribution in [3.8, 4) is 0 Å². The highest BCUT2D eigenvalue weighted by Gasteiger charge is 2.27. The third-order valence-corrected chi connectivity index (χ3v) is 5.57. The standard InChI is InChI=1S/C24H28ClN3O4/c1-18(24(31)28-16-14-27(15-17-28)21-6-3-2-4-7-21)32-22(29)8-5-13-26-23(30)19-9-11-20(25)12-10-19/h2-4,6-7,9-12,18H,5,8,13-17H2,1H3,(H,26,30). The topological polar surface area (TPSA) is 78.9 Å². The molecule has 3 rings (SSSR count). The minimum absolute atomic E-state index is 0.125. The van der Waals surface area contributed by atoms with Crippen LogP contribution >= 0.6 is 11.6 Å². The van der Waals surface area contributed by atoms with E-state index in [1.165, 1.54) is 0 Å². The highest BCUT2D eigenvalue weighted by Crippen LogP contribution is 2.16. The van der Waals surface area contributed by atoms with E-state index in [9.17, 15) is 14.4 Å². The molecule has 0 spiro atoms. The number of anilines is 1. The number of para-hydroxylation sites is 1. The van der Waals surface area contributed by atoms with Gasteiger partial charge in [-0.2, -0.15) is 0 Å². The lowest BCUT2D eigenvalue weighted by Gasteiger charge is -2.37. The van der Waals surface area contributed by atoms with E-state index < -0.39 is 12.1 Å². The molecular weight excluding hydrogens is 430 g/mol. The Morgan fingerprint density at radius 1 is 1.00 bits per heavy atom. The van der Waals surface area contributed by atoms with Crippen LogP contribution in [0.15, 0.2) is 54.6 Å². The van der Waals surface area contributed by atoms with Gasteiger partial charge in [0.1, 0.15) is 0 Å². The highest BCUT2D eigenvalue weighted by atomic mass is 35.5. The Balaban J connectivity index is 1.34. The van der Waals surface area contributed by atoms with Gasteiger partial charge in [0.05, 0.1) is 0 Å². The summed E-state index contributed by atoms with van der Waals surface area (Å²) < 4.78 is 5.31. The van der Waals surface area contributed by atoms with E-state index >= 15 is 0 Å². The lowest BCUT2D eigenvalue weighted by molar-refractivity contribution is -0.159. The van der Waals surface area contributed by atoms with Gasteiger partial charge in [-0.3, -0.25) is 14.4 Å². The summed E-state index contributed by atoms with van der Waals surface area (Å²) in [6.07, 6.45) is -0.274. The molecule has 0 saturated carbocycles. The molecule has 2 amide bonds. The Bertz CT molecular complexity index is 913. The van der Waals surface area contributed by atoms with Crippen molar-refractivity contribution in [1.82, 2.24) is 10.2 Å². The molecule has 1 aliphatic heterocycles. The number of esters is 1. The van der Waals surface area contributed by atoms with Crippen LogP contribution in [0.25, 0.3) is 0 Å². The Morgan fingerprint density at radius 3 is 2.31 bits per heavy atom. The fourth-order valence-electron chi connectivity index (χ4n) is 3.53. The number of hydrogen-bond donors (Lipinski definition) is 1. The summed E-state index contributed by atoms with van der Waals surface area (Å²) in [6.45, 7) is 4.60. The normalized spacial score (nSPS) is 14.6. The van der Waals surface area contributed by atoms with E-state index in [0.29, 0.717) is 36.6 Å². The summed E-state index contributed by atoms with van der Waals surface area (Å²) >= 11 is 5.81. The van der Waals surface area contributed by atoms with Crippen molar-refractivity contribution < 1.29 is 19.1 Å². The van der Waals surface area contributed by atoms with Crippen LogP contribution in [0.4, 0.5) is 5.69 Å². The number of halogens is 1. The molecule has 1 aliphatic rings. The Hall–Kier alpha value is -3.06. The number of rotatable bonds is 8. The number of benzene rings is 2. The number of nitrogens with zero attached hydrogens (tertiary/aromatic N) is 2. The number of hydrogen-bond acceptors (Lipinski definition) is 5. The fraction of sp³-hybridized carbons (Fsp3) is 0.375. The number of ether oxygens (including phenoxy) is 1. The van der Waals surface area contributed by atoms with Gasteiger partial charge in [-0.15, -0.1) is 0 Å². The van der Waals surface area contributed by atoms with Crippen LogP contribution in [-0.2, 0) is 14.3 Å². The first-order valence-electron chi connectivity index (χ1n) is 10.8. The molecule has 2 aromatic carbocycles. The van der Waals surface area contributed by atoms with Crippen LogP contribution in [-0.4, -0.2) is 61.5 Å². The Labute approximate surface area is 193 Å². The summed E-state index contributed by atoms with van der Waals surface area (Å²) in [4.78, 5) is 40.7. The first-order valence-corrected chi connectivity index (χ1v) is 11.1. The van der Waals surface area contributed by atoms with Gasteiger partial charge in [-0.1, -0.05) is 29.8 Å². The molecule has 170 valence electrons. The predicted molar refractivity (Wildman–Crippen MR) is 124 cm³/mol. The molecular formula is C24H28ClN3O4. The zero-order valence-corrected chi connectivity index (χ0v) is 18.9. The smallest absolute Gasteiger partial charge is 0.306 e. The van der Waals surface area contributed by atoms with Crippen LogP contribution in [0.5, 0.6) is 0 Å². The predicted octanol–water partition coefficient (Wildman–Crippen LogP) is 3.13. The number of carbonyl (C=O) groups is 3. The second kappa shape index (κ2) is 11.5. The molecule has 7 nitrogen and oxygen atoms in total. The lowest BCUT2D eigenvalue weighted by Crippen LogP contribution is -2.51. The molecule has 1 unspecified atom stereocenters. The quantitative estimate of drug-likeness (QED) is 0.486. The van der Waals surface area contributed by atoms with Gasteiger partial charge >= 0.3 is 5.97 Å². The summed E-state index contributed by atoms with van der Waals surface area (Å²) in [6, 6.07) is 16.7. The van der Waals surface area contributed by atoms with Crippen molar-refractivity contribution in [2.45, 2.75) is 25.9 Å². The molecule has 0 aliphatic carbocycles. The van der Waals surface area contributed by atoms with E-state index in [1.54, 1.807) is 36.1 Å². The Kier molecular flexibility index (Phi) is 8.50. The highest BCUT2D eigenvalue weighted by molar-refractivity contribution is 6.30. The van der Waals surface area contributed by atoms with Crippen LogP contribution in [0.3, 0.4) is 0 Å². The van der Waals surface area contributed by atoms with Gasteiger partial charge in [-0.25, -0.2) is 0 Å². The minimum Gasteiger partial charge on any atom is -0.453 e. The molecule has 1 N–H and O–H groups in total. The van der Waals surface area contributed by atoms with Crippen molar-refractivity contribution in [2.75, 3.05) is 37.6 Å². The SMILES string of the molecule is CC(OC(=O)CCCNC(=O)c1ccc(Cl)cc1)C(=O)N1CCN(c2ccccc2)CC1.